The van der Waals surface area contributed by atoms with Gasteiger partial charge in [-0.3, -0.25) is 9.59 Å². The lowest BCUT2D eigenvalue weighted by Gasteiger charge is -2.27. The van der Waals surface area contributed by atoms with Crippen molar-refractivity contribution in [2.45, 2.75) is 37.3 Å². The third-order valence-corrected chi connectivity index (χ3v) is 4.05. The van der Waals surface area contributed by atoms with Crippen LogP contribution in [-0.4, -0.2) is 31.2 Å². The predicted octanol–water partition coefficient (Wildman–Crippen LogP) is 2.86. The lowest BCUT2D eigenvalue weighted by molar-refractivity contribution is -0.156. The molecule has 1 saturated carbocycles. The molecule has 0 saturated heterocycles. The van der Waals surface area contributed by atoms with Crippen LogP contribution in [0, 0.1) is 5.82 Å². The molecule has 0 spiro atoms. The lowest BCUT2D eigenvalue weighted by Crippen LogP contribution is -2.40. The quantitative estimate of drug-likeness (QED) is 0.658. The Morgan fingerprint density at radius 1 is 1.21 bits per heavy atom. The van der Waals surface area contributed by atoms with Crippen LogP contribution in [-0.2, 0) is 19.7 Å². The molecule has 0 bridgehead atoms. The zero-order chi connectivity index (χ0) is 17.8. The first kappa shape index (κ1) is 18.2. The molecule has 24 heavy (non-hydrogen) atoms. The number of carbonyl (C=O) groups excluding carboxylic acids is 2. The Hall–Kier alpha value is -2.12. The monoisotopic (exact) mass is 347 g/mol. The van der Waals surface area contributed by atoms with Gasteiger partial charge in [0.05, 0.1) is 5.41 Å². The molecule has 1 fully saturated rings. The topological polar surface area (TPSA) is 55.4 Å². The molecule has 1 N–H and O–H groups in total. The van der Waals surface area contributed by atoms with Gasteiger partial charge in [-0.2, -0.15) is 13.2 Å². The number of hydrogen-bond acceptors (Lipinski definition) is 3. The maximum absolute atomic E-state index is 13.5. The Balaban J connectivity index is 2.01. The van der Waals surface area contributed by atoms with E-state index in [2.05, 4.69) is 0 Å². The Bertz CT molecular complexity index is 610. The van der Waals surface area contributed by atoms with E-state index in [1.807, 2.05) is 0 Å². The van der Waals surface area contributed by atoms with Crippen LogP contribution >= 0.6 is 0 Å². The predicted molar refractivity (Wildman–Crippen MR) is 76.6 cm³/mol. The van der Waals surface area contributed by atoms with E-state index in [4.69, 9.17) is 4.74 Å². The van der Waals surface area contributed by atoms with Crippen molar-refractivity contribution in [1.29, 1.82) is 0 Å². The van der Waals surface area contributed by atoms with Crippen LogP contribution in [0.4, 0.5) is 17.6 Å². The normalized spacial score (nSPS) is 16.7. The van der Waals surface area contributed by atoms with Crippen LogP contribution in [0.1, 0.15) is 31.2 Å². The summed E-state index contributed by atoms with van der Waals surface area (Å²) in [6.07, 6.45) is -2.16. The number of halogens is 4. The molecule has 0 atom stereocenters. The molecular weight excluding hydrogens is 330 g/mol. The molecule has 1 aliphatic carbocycles. The van der Waals surface area contributed by atoms with Crippen LogP contribution in [0.15, 0.2) is 24.3 Å². The van der Waals surface area contributed by atoms with Crippen molar-refractivity contribution in [3.8, 4) is 0 Å². The number of hydrogen-bond donors (Lipinski definition) is 1. The second-order valence-electron chi connectivity index (χ2n) is 5.77. The number of ether oxygens (including phenoxy) is 1. The highest BCUT2D eigenvalue weighted by Gasteiger charge is 2.44. The molecule has 0 unspecified atom stereocenters. The summed E-state index contributed by atoms with van der Waals surface area (Å²) in [5, 5.41) is 1.63. The van der Waals surface area contributed by atoms with Crippen molar-refractivity contribution in [1.82, 2.24) is 5.32 Å². The van der Waals surface area contributed by atoms with Gasteiger partial charge in [0, 0.05) is 0 Å². The second kappa shape index (κ2) is 7.19. The number of esters is 1. The average molecular weight is 347 g/mol. The van der Waals surface area contributed by atoms with E-state index in [0.717, 1.165) is 12.8 Å². The Kier molecular flexibility index (Phi) is 5.46. The van der Waals surface area contributed by atoms with E-state index in [0.29, 0.717) is 18.4 Å². The number of amides is 1. The van der Waals surface area contributed by atoms with E-state index in [1.54, 1.807) is 11.4 Å². The lowest BCUT2D eigenvalue weighted by atomic mass is 9.79. The summed E-state index contributed by atoms with van der Waals surface area (Å²) in [5.74, 6) is -2.24. The van der Waals surface area contributed by atoms with Gasteiger partial charge in [0.2, 0.25) is 0 Å². The molecule has 132 valence electrons. The number of alkyl halides is 3. The molecular formula is C16H17F4NO3. The van der Waals surface area contributed by atoms with E-state index in [1.165, 1.54) is 18.2 Å². The van der Waals surface area contributed by atoms with Crippen molar-refractivity contribution in [3.63, 3.8) is 0 Å². The molecule has 1 amide bonds. The fraction of sp³-hybridized carbons (Fsp3) is 0.500. The van der Waals surface area contributed by atoms with Crippen LogP contribution in [0.5, 0.6) is 0 Å². The van der Waals surface area contributed by atoms with Crippen LogP contribution in [0.3, 0.4) is 0 Å². The summed E-state index contributed by atoms with van der Waals surface area (Å²) < 4.78 is 54.4. The van der Waals surface area contributed by atoms with Crippen molar-refractivity contribution in [3.05, 3.63) is 35.6 Å². The van der Waals surface area contributed by atoms with Crippen molar-refractivity contribution < 1.29 is 31.9 Å². The minimum Gasteiger partial charge on any atom is -0.455 e. The SMILES string of the molecule is O=C(COC(=O)C1(c2cccc(F)c2)CCCC1)NCC(F)(F)F. The molecule has 0 radical (unpaired) electrons. The van der Waals surface area contributed by atoms with E-state index >= 15 is 0 Å². The van der Waals surface area contributed by atoms with Gasteiger partial charge in [-0.25, -0.2) is 4.39 Å². The highest BCUT2D eigenvalue weighted by atomic mass is 19.4. The van der Waals surface area contributed by atoms with Gasteiger partial charge < -0.3 is 10.1 Å². The standard InChI is InChI=1S/C16H17F4NO3/c17-12-5-3-4-11(8-12)15(6-1-2-7-15)14(23)24-9-13(22)21-10-16(18,19)20/h3-5,8H,1-2,6-7,9-10H2,(H,21,22). The Morgan fingerprint density at radius 3 is 2.46 bits per heavy atom. The zero-order valence-corrected chi connectivity index (χ0v) is 12.8. The van der Waals surface area contributed by atoms with Gasteiger partial charge >= 0.3 is 12.1 Å². The molecule has 1 aromatic carbocycles. The molecule has 2 rings (SSSR count). The summed E-state index contributed by atoms with van der Waals surface area (Å²) >= 11 is 0. The molecule has 4 nitrogen and oxygen atoms in total. The third-order valence-electron chi connectivity index (χ3n) is 4.05. The van der Waals surface area contributed by atoms with Gasteiger partial charge in [0.15, 0.2) is 6.61 Å². The minimum absolute atomic E-state index is 0.444. The first-order valence-electron chi connectivity index (χ1n) is 7.50. The number of benzene rings is 1. The number of nitrogens with one attached hydrogen (secondary N) is 1. The van der Waals surface area contributed by atoms with Crippen molar-refractivity contribution in [2.24, 2.45) is 0 Å². The molecule has 0 aromatic heterocycles. The average Bonchev–Trinajstić information content (AvgIpc) is 3.01. The van der Waals surface area contributed by atoms with Crippen LogP contribution in [0.2, 0.25) is 0 Å². The first-order valence-corrected chi connectivity index (χ1v) is 7.50. The summed E-state index contributed by atoms with van der Waals surface area (Å²) in [5.41, 5.74) is -0.590. The maximum Gasteiger partial charge on any atom is 0.405 e. The highest BCUT2D eigenvalue weighted by Crippen LogP contribution is 2.42. The second-order valence-corrected chi connectivity index (χ2v) is 5.77. The fourth-order valence-electron chi connectivity index (χ4n) is 2.89. The highest BCUT2D eigenvalue weighted by molar-refractivity contribution is 5.86. The summed E-state index contributed by atoms with van der Waals surface area (Å²) in [6, 6.07) is 5.59. The fourth-order valence-corrected chi connectivity index (χ4v) is 2.89. The first-order chi connectivity index (χ1) is 11.2. The zero-order valence-electron chi connectivity index (χ0n) is 12.8. The number of rotatable bonds is 5. The summed E-state index contributed by atoms with van der Waals surface area (Å²) in [7, 11) is 0. The molecule has 1 aliphatic rings. The summed E-state index contributed by atoms with van der Waals surface area (Å²) in [4.78, 5) is 23.8. The molecule has 0 heterocycles. The Labute approximate surface area is 136 Å². The van der Waals surface area contributed by atoms with E-state index < -0.39 is 42.4 Å². The van der Waals surface area contributed by atoms with Crippen LogP contribution in [0.25, 0.3) is 0 Å². The van der Waals surface area contributed by atoms with Crippen molar-refractivity contribution >= 4 is 11.9 Å². The van der Waals surface area contributed by atoms with Gasteiger partial charge in [-0.1, -0.05) is 25.0 Å². The smallest absolute Gasteiger partial charge is 0.405 e. The number of carbonyl (C=O) groups is 2. The van der Waals surface area contributed by atoms with Gasteiger partial charge in [-0.05, 0) is 30.5 Å². The summed E-state index contributed by atoms with van der Waals surface area (Å²) in [6.45, 7) is -2.29. The minimum atomic E-state index is -4.53. The van der Waals surface area contributed by atoms with Crippen molar-refractivity contribution in [2.75, 3.05) is 13.2 Å². The van der Waals surface area contributed by atoms with Gasteiger partial charge in [-0.15, -0.1) is 0 Å². The largest absolute Gasteiger partial charge is 0.455 e. The van der Waals surface area contributed by atoms with E-state index in [9.17, 15) is 27.2 Å². The molecule has 8 heteroatoms. The van der Waals surface area contributed by atoms with Gasteiger partial charge in [0.25, 0.3) is 5.91 Å². The van der Waals surface area contributed by atoms with Gasteiger partial charge in [0.1, 0.15) is 12.4 Å². The van der Waals surface area contributed by atoms with E-state index in [-0.39, 0.29) is 0 Å². The van der Waals surface area contributed by atoms with Crippen LogP contribution < -0.4 is 5.32 Å². The maximum atomic E-state index is 13.5. The molecule has 1 aromatic rings. The third kappa shape index (κ3) is 4.46. The Morgan fingerprint density at radius 2 is 1.88 bits per heavy atom. The molecule has 0 aliphatic heterocycles.